The quantitative estimate of drug-likeness (QED) is 0.365. The van der Waals surface area contributed by atoms with Crippen molar-refractivity contribution in [3.05, 3.63) is 72.2 Å². The summed E-state index contributed by atoms with van der Waals surface area (Å²) in [5.74, 6) is 0.000851. The van der Waals surface area contributed by atoms with Gasteiger partial charge in [-0.15, -0.1) is 0 Å². The van der Waals surface area contributed by atoms with Gasteiger partial charge in [-0.05, 0) is 44.9 Å². The van der Waals surface area contributed by atoms with Crippen molar-refractivity contribution >= 4 is 27.5 Å². The molecule has 1 aromatic carbocycles. The first kappa shape index (κ1) is 28.2. The molecule has 12 nitrogen and oxygen atoms in total. The van der Waals surface area contributed by atoms with Crippen LogP contribution in [0, 0.1) is 0 Å². The molecule has 0 spiro atoms. The smallest absolute Gasteiger partial charge is 0.389 e. The minimum absolute atomic E-state index is 0.0843. The van der Waals surface area contributed by atoms with Gasteiger partial charge in [-0.1, -0.05) is 35.5 Å². The van der Waals surface area contributed by atoms with E-state index >= 15 is 0 Å². The van der Waals surface area contributed by atoms with Crippen LogP contribution in [0.3, 0.4) is 0 Å². The highest BCUT2D eigenvalue weighted by Crippen LogP contribution is 2.32. The third-order valence-corrected chi connectivity index (χ3v) is 8.01. The number of amides is 3. The number of rotatable bonds is 8. The number of nitrogens with one attached hydrogen (secondary N) is 2. The molecule has 4 N–H and O–H groups in total. The number of hydrogen-bond acceptors (Lipinski definition) is 9. The SMILES string of the molecule is CCNC(=O)NC=C1C=CC(c2cc(-c3nc(-c4ccc(S(=O)(=O)C(C)C)cc4)cnc3OC(N)=O)on2)=CC1. The summed E-state index contributed by atoms with van der Waals surface area (Å²) < 4.78 is 35.5. The summed E-state index contributed by atoms with van der Waals surface area (Å²) in [5, 5.41) is 8.87. The number of ether oxygens (including phenoxy) is 1. The molecule has 2 aromatic heterocycles. The summed E-state index contributed by atoms with van der Waals surface area (Å²) in [5.41, 5.74) is 8.42. The van der Waals surface area contributed by atoms with Crippen molar-refractivity contribution in [2.45, 2.75) is 37.3 Å². The minimum atomic E-state index is -3.43. The van der Waals surface area contributed by atoms with Crippen LogP contribution in [-0.4, -0.2) is 47.5 Å². The van der Waals surface area contributed by atoms with Gasteiger partial charge >= 0.3 is 12.1 Å². The normalized spacial score (nSPS) is 14.2. The van der Waals surface area contributed by atoms with Gasteiger partial charge in [-0.25, -0.2) is 28.0 Å². The van der Waals surface area contributed by atoms with Crippen molar-refractivity contribution in [2.75, 3.05) is 6.54 Å². The largest absolute Gasteiger partial charge is 0.411 e. The van der Waals surface area contributed by atoms with Crippen LogP contribution in [0.4, 0.5) is 9.59 Å². The molecule has 3 amide bonds. The lowest BCUT2D eigenvalue weighted by molar-refractivity contribution is 0.209. The molecule has 0 aliphatic heterocycles. The zero-order valence-corrected chi connectivity index (χ0v) is 22.9. The fourth-order valence-electron chi connectivity index (χ4n) is 3.69. The van der Waals surface area contributed by atoms with Gasteiger partial charge in [0.15, 0.2) is 21.3 Å². The van der Waals surface area contributed by atoms with E-state index in [0.717, 1.165) is 11.1 Å². The van der Waals surface area contributed by atoms with E-state index in [2.05, 4.69) is 25.8 Å². The second kappa shape index (κ2) is 11.9. The first-order valence-corrected chi connectivity index (χ1v) is 13.9. The van der Waals surface area contributed by atoms with Crippen molar-refractivity contribution < 1.29 is 27.3 Å². The Hall–Kier alpha value is -4.78. The Morgan fingerprint density at radius 2 is 1.93 bits per heavy atom. The average molecular weight is 565 g/mol. The van der Waals surface area contributed by atoms with Crippen LogP contribution in [-0.2, 0) is 9.84 Å². The van der Waals surface area contributed by atoms with Crippen LogP contribution < -0.4 is 21.1 Å². The summed E-state index contributed by atoms with van der Waals surface area (Å²) in [6.07, 6.45) is 8.07. The Morgan fingerprint density at radius 3 is 2.55 bits per heavy atom. The van der Waals surface area contributed by atoms with Gasteiger partial charge in [0.1, 0.15) is 5.69 Å². The molecule has 40 heavy (non-hydrogen) atoms. The highest BCUT2D eigenvalue weighted by Gasteiger charge is 2.22. The number of hydrogen-bond donors (Lipinski definition) is 3. The lowest BCUT2D eigenvalue weighted by Crippen LogP contribution is -2.31. The maximum Gasteiger partial charge on any atom is 0.411 e. The van der Waals surface area contributed by atoms with Gasteiger partial charge in [0.05, 0.1) is 22.0 Å². The second-order valence-electron chi connectivity index (χ2n) is 8.94. The van der Waals surface area contributed by atoms with Gasteiger partial charge in [0.2, 0.25) is 0 Å². The first-order valence-electron chi connectivity index (χ1n) is 12.4. The van der Waals surface area contributed by atoms with E-state index in [1.165, 1.54) is 18.3 Å². The van der Waals surface area contributed by atoms with Crippen LogP contribution in [0.25, 0.3) is 28.3 Å². The van der Waals surface area contributed by atoms with Gasteiger partial charge in [-0.3, -0.25) is 0 Å². The molecule has 3 aromatic rings. The fourth-order valence-corrected chi connectivity index (χ4v) is 4.75. The number of primary amides is 1. The zero-order chi connectivity index (χ0) is 28.9. The van der Waals surface area contributed by atoms with Crippen molar-refractivity contribution in [3.63, 3.8) is 0 Å². The predicted octanol–water partition coefficient (Wildman–Crippen LogP) is 3.98. The van der Waals surface area contributed by atoms with E-state index in [9.17, 15) is 18.0 Å². The Kier molecular flexibility index (Phi) is 8.43. The number of aromatic nitrogens is 3. The third-order valence-electron chi connectivity index (χ3n) is 5.84. The van der Waals surface area contributed by atoms with E-state index in [-0.39, 0.29) is 28.3 Å². The van der Waals surface area contributed by atoms with E-state index in [4.69, 9.17) is 15.0 Å². The summed E-state index contributed by atoms with van der Waals surface area (Å²) >= 11 is 0. The molecular formula is C27H28N6O6S. The molecule has 1 aliphatic rings. The number of benzene rings is 1. The lowest BCUT2D eigenvalue weighted by Gasteiger charge is -2.10. The van der Waals surface area contributed by atoms with Crippen molar-refractivity contribution in [3.8, 4) is 28.6 Å². The van der Waals surface area contributed by atoms with Crippen LogP contribution >= 0.6 is 0 Å². The summed E-state index contributed by atoms with van der Waals surface area (Å²) in [7, 11) is -3.43. The van der Waals surface area contributed by atoms with Gasteiger partial charge in [0.25, 0.3) is 5.88 Å². The van der Waals surface area contributed by atoms with E-state index in [0.29, 0.717) is 29.9 Å². The summed E-state index contributed by atoms with van der Waals surface area (Å²) in [6, 6.07) is 7.58. The Morgan fingerprint density at radius 1 is 1.18 bits per heavy atom. The van der Waals surface area contributed by atoms with Crippen molar-refractivity contribution in [1.29, 1.82) is 0 Å². The van der Waals surface area contributed by atoms with Crippen molar-refractivity contribution in [2.24, 2.45) is 5.73 Å². The molecule has 13 heteroatoms. The number of nitrogens with two attached hydrogens (primary N) is 1. The van der Waals surface area contributed by atoms with E-state index in [1.807, 2.05) is 25.2 Å². The summed E-state index contributed by atoms with van der Waals surface area (Å²) in [6.45, 7) is 5.59. The molecule has 0 saturated heterocycles. The topological polar surface area (TPSA) is 179 Å². The van der Waals surface area contributed by atoms with Gasteiger partial charge in [0, 0.05) is 29.9 Å². The Labute approximate surface area is 230 Å². The monoisotopic (exact) mass is 564 g/mol. The molecule has 0 radical (unpaired) electrons. The highest BCUT2D eigenvalue weighted by molar-refractivity contribution is 7.92. The molecule has 1 aliphatic carbocycles. The predicted molar refractivity (Wildman–Crippen MR) is 148 cm³/mol. The third kappa shape index (κ3) is 6.43. The fraction of sp³-hybridized carbons (Fsp3) is 0.222. The molecule has 4 rings (SSSR count). The Bertz CT molecular complexity index is 1620. The van der Waals surface area contributed by atoms with E-state index < -0.39 is 21.2 Å². The molecule has 208 valence electrons. The standard InChI is InChI=1S/C27H28N6O6S/c1-4-29-27(35)31-14-17-5-7-18(8-6-17)21-13-23(39-33-21)24-25(38-26(28)34)30-15-22(32-24)19-9-11-20(12-10-19)40(36,37)16(2)3/h5,7-16H,4,6H2,1-3H3,(H2,28,34)(H2,29,31,35). The van der Waals surface area contributed by atoms with Gasteiger partial charge < -0.3 is 25.6 Å². The van der Waals surface area contributed by atoms with Crippen molar-refractivity contribution in [1.82, 2.24) is 25.8 Å². The minimum Gasteiger partial charge on any atom is -0.389 e. The number of allylic oxidation sites excluding steroid dienone is 5. The lowest BCUT2D eigenvalue weighted by atomic mass is 10.0. The number of carbonyl (C=O) groups is 2. The Balaban J connectivity index is 1.60. The highest BCUT2D eigenvalue weighted by atomic mass is 32.2. The molecule has 0 unspecified atom stereocenters. The van der Waals surface area contributed by atoms with Crippen LogP contribution in [0.15, 0.2) is 75.9 Å². The number of sulfone groups is 1. The van der Waals surface area contributed by atoms with Gasteiger partial charge in [-0.2, -0.15) is 0 Å². The van der Waals surface area contributed by atoms with Crippen LogP contribution in [0.5, 0.6) is 5.88 Å². The molecule has 2 heterocycles. The first-order chi connectivity index (χ1) is 19.1. The molecule has 0 saturated carbocycles. The zero-order valence-electron chi connectivity index (χ0n) is 22.0. The van der Waals surface area contributed by atoms with Crippen LogP contribution in [0.1, 0.15) is 32.9 Å². The maximum atomic E-state index is 12.5. The molecular weight excluding hydrogens is 536 g/mol. The van der Waals surface area contributed by atoms with E-state index in [1.54, 1.807) is 38.2 Å². The number of nitrogens with zero attached hydrogens (tertiary/aromatic N) is 3. The average Bonchev–Trinajstić information content (AvgIpc) is 3.42. The van der Waals surface area contributed by atoms with Crippen LogP contribution in [0.2, 0.25) is 0 Å². The molecule has 0 atom stereocenters. The molecule has 0 bridgehead atoms. The number of carbonyl (C=O) groups excluding carboxylic acids is 2. The second-order valence-corrected chi connectivity index (χ2v) is 11.4. The molecule has 0 fully saturated rings. The summed E-state index contributed by atoms with van der Waals surface area (Å²) in [4.78, 5) is 32.0. The number of urea groups is 1. The maximum absolute atomic E-state index is 12.5.